The zero-order valence-electron chi connectivity index (χ0n) is 11.4. The fraction of sp³-hybridized carbons (Fsp3) is 0.833. The molecule has 0 spiro atoms. The summed E-state index contributed by atoms with van der Waals surface area (Å²) in [5, 5.41) is 3.11. The first kappa shape index (κ1) is 15.9. The zero-order chi connectivity index (χ0) is 15.5. The highest BCUT2D eigenvalue weighted by Gasteiger charge is 2.47. The predicted octanol–water partition coefficient (Wildman–Crippen LogP) is 0.580. The summed E-state index contributed by atoms with van der Waals surface area (Å²) >= 11 is 0. The van der Waals surface area contributed by atoms with E-state index in [4.69, 9.17) is 4.74 Å². The largest absolute Gasteiger partial charge is 0.446 e. The van der Waals surface area contributed by atoms with E-state index >= 15 is 0 Å². The second-order valence-corrected chi connectivity index (χ2v) is 5.18. The zero-order valence-corrected chi connectivity index (χ0v) is 11.4. The summed E-state index contributed by atoms with van der Waals surface area (Å²) in [5.74, 6) is 0. The molecule has 2 amide bonds. The summed E-state index contributed by atoms with van der Waals surface area (Å²) in [7, 11) is 0. The summed E-state index contributed by atoms with van der Waals surface area (Å²) in [5.41, 5.74) is 0. The van der Waals surface area contributed by atoms with Crippen LogP contribution in [0.15, 0.2) is 0 Å². The summed E-state index contributed by atoms with van der Waals surface area (Å²) in [4.78, 5) is 24.3. The summed E-state index contributed by atoms with van der Waals surface area (Å²) in [6.07, 6.45) is -4.07. The number of piperazine rings is 1. The van der Waals surface area contributed by atoms with Gasteiger partial charge in [0.2, 0.25) is 6.41 Å². The standard InChI is InChI=1S/C12H18F3N3O3/c13-12(14,15)10-7-17(5-6-18(10)8-19)11(20)21-9-1-3-16-4-2-9/h8-10,16H,1-7H2. The average molecular weight is 309 g/mol. The van der Waals surface area contributed by atoms with Crippen molar-refractivity contribution in [1.29, 1.82) is 0 Å². The number of amides is 2. The highest BCUT2D eigenvalue weighted by Crippen LogP contribution is 2.27. The van der Waals surface area contributed by atoms with Crippen molar-refractivity contribution in [3.63, 3.8) is 0 Å². The number of hydrogen-bond donors (Lipinski definition) is 1. The third-order valence-corrected chi connectivity index (χ3v) is 3.75. The Kier molecular flexibility index (Phi) is 4.92. The predicted molar refractivity (Wildman–Crippen MR) is 66.6 cm³/mol. The maximum atomic E-state index is 12.9. The van der Waals surface area contributed by atoms with Gasteiger partial charge in [-0.3, -0.25) is 4.79 Å². The molecule has 0 aromatic carbocycles. The van der Waals surface area contributed by atoms with Crippen LogP contribution in [0, 0.1) is 0 Å². The van der Waals surface area contributed by atoms with Crippen LogP contribution in [-0.4, -0.2) is 73.3 Å². The highest BCUT2D eigenvalue weighted by atomic mass is 19.4. The van der Waals surface area contributed by atoms with E-state index in [-0.39, 0.29) is 25.6 Å². The van der Waals surface area contributed by atoms with Crippen LogP contribution in [0.2, 0.25) is 0 Å². The molecule has 1 atom stereocenters. The summed E-state index contributed by atoms with van der Waals surface area (Å²) in [6, 6.07) is -1.97. The summed E-state index contributed by atoms with van der Waals surface area (Å²) in [6.45, 7) is 0.778. The van der Waals surface area contributed by atoms with Gasteiger partial charge in [0, 0.05) is 13.1 Å². The fourth-order valence-electron chi connectivity index (χ4n) is 2.51. The molecular weight excluding hydrogens is 291 g/mol. The number of carbonyl (C=O) groups excluding carboxylic acids is 2. The number of alkyl halides is 3. The number of hydrogen-bond acceptors (Lipinski definition) is 4. The van der Waals surface area contributed by atoms with Gasteiger partial charge < -0.3 is 19.9 Å². The van der Waals surface area contributed by atoms with Gasteiger partial charge in [0.15, 0.2) is 0 Å². The van der Waals surface area contributed by atoms with Crippen LogP contribution in [0.3, 0.4) is 0 Å². The number of nitrogens with zero attached hydrogens (tertiary/aromatic N) is 2. The number of nitrogens with one attached hydrogen (secondary N) is 1. The molecule has 2 aliphatic rings. The van der Waals surface area contributed by atoms with E-state index in [1.165, 1.54) is 0 Å². The minimum Gasteiger partial charge on any atom is -0.446 e. The van der Waals surface area contributed by atoms with Gasteiger partial charge in [-0.2, -0.15) is 13.2 Å². The minimum absolute atomic E-state index is 0.0507. The van der Waals surface area contributed by atoms with Gasteiger partial charge in [0.25, 0.3) is 0 Å². The van der Waals surface area contributed by atoms with Crippen molar-refractivity contribution in [2.24, 2.45) is 0 Å². The molecule has 21 heavy (non-hydrogen) atoms. The first-order valence-electron chi connectivity index (χ1n) is 6.86. The molecule has 0 aromatic rings. The van der Waals surface area contributed by atoms with Gasteiger partial charge in [0.1, 0.15) is 12.1 Å². The molecule has 0 aliphatic carbocycles. The van der Waals surface area contributed by atoms with Crippen molar-refractivity contribution >= 4 is 12.5 Å². The Hall–Kier alpha value is -1.51. The number of piperidine rings is 1. The van der Waals surface area contributed by atoms with Crippen molar-refractivity contribution in [1.82, 2.24) is 15.1 Å². The van der Waals surface area contributed by atoms with Crippen LogP contribution < -0.4 is 5.32 Å². The van der Waals surface area contributed by atoms with E-state index in [0.29, 0.717) is 17.7 Å². The Labute approximate surface area is 120 Å². The van der Waals surface area contributed by atoms with E-state index in [9.17, 15) is 22.8 Å². The number of ether oxygens (including phenoxy) is 1. The van der Waals surface area contributed by atoms with E-state index in [1.807, 2.05) is 0 Å². The Morgan fingerprint density at radius 2 is 1.90 bits per heavy atom. The smallest absolute Gasteiger partial charge is 0.410 e. The molecule has 2 fully saturated rings. The van der Waals surface area contributed by atoms with E-state index in [2.05, 4.69) is 5.32 Å². The molecular formula is C12H18F3N3O3. The molecule has 2 rings (SSSR count). The van der Waals surface area contributed by atoms with Crippen molar-refractivity contribution in [3.05, 3.63) is 0 Å². The maximum Gasteiger partial charge on any atom is 0.410 e. The molecule has 6 nitrogen and oxygen atoms in total. The molecule has 0 saturated carbocycles. The van der Waals surface area contributed by atoms with Crippen LogP contribution in [0.25, 0.3) is 0 Å². The molecule has 2 saturated heterocycles. The first-order chi connectivity index (χ1) is 9.91. The molecule has 120 valence electrons. The Morgan fingerprint density at radius 1 is 1.24 bits per heavy atom. The number of halogens is 3. The Bertz CT molecular complexity index is 386. The van der Waals surface area contributed by atoms with Crippen molar-refractivity contribution in [3.8, 4) is 0 Å². The molecule has 2 aliphatic heterocycles. The Morgan fingerprint density at radius 3 is 2.48 bits per heavy atom. The molecule has 1 N–H and O–H groups in total. The van der Waals surface area contributed by atoms with Gasteiger partial charge in [-0.15, -0.1) is 0 Å². The lowest BCUT2D eigenvalue weighted by Crippen LogP contribution is -2.59. The lowest BCUT2D eigenvalue weighted by atomic mass is 10.1. The third kappa shape index (κ3) is 3.99. The topological polar surface area (TPSA) is 61.9 Å². The normalized spacial score (nSPS) is 24.8. The second kappa shape index (κ2) is 6.50. The van der Waals surface area contributed by atoms with Gasteiger partial charge in [-0.1, -0.05) is 0 Å². The van der Waals surface area contributed by atoms with Crippen LogP contribution in [-0.2, 0) is 9.53 Å². The van der Waals surface area contributed by atoms with Crippen LogP contribution in [0.1, 0.15) is 12.8 Å². The van der Waals surface area contributed by atoms with E-state index in [1.54, 1.807) is 0 Å². The third-order valence-electron chi connectivity index (χ3n) is 3.75. The van der Waals surface area contributed by atoms with Crippen LogP contribution in [0.4, 0.5) is 18.0 Å². The molecule has 0 bridgehead atoms. The van der Waals surface area contributed by atoms with Crippen LogP contribution >= 0.6 is 0 Å². The van der Waals surface area contributed by atoms with Crippen molar-refractivity contribution in [2.75, 3.05) is 32.7 Å². The fourth-order valence-corrected chi connectivity index (χ4v) is 2.51. The Balaban J connectivity index is 1.94. The van der Waals surface area contributed by atoms with Gasteiger partial charge in [-0.05, 0) is 25.9 Å². The molecule has 2 heterocycles. The van der Waals surface area contributed by atoms with Gasteiger partial charge >= 0.3 is 12.3 Å². The summed E-state index contributed by atoms with van der Waals surface area (Å²) < 4.78 is 43.9. The second-order valence-electron chi connectivity index (χ2n) is 5.18. The van der Waals surface area contributed by atoms with E-state index in [0.717, 1.165) is 18.0 Å². The number of carbonyl (C=O) groups is 2. The molecule has 0 radical (unpaired) electrons. The first-order valence-corrected chi connectivity index (χ1v) is 6.86. The van der Waals surface area contributed by atoms with Gasteiger partial charge in [0.05, 0.1) is 6.54 Å². The SMILES string of the molecule is O=CN1CCN(C(=O)OC2CCNCC2)CC1C(F)(F)F. The van der Waals surface area contributed by atoms with Crippen LogP contribution in [0.5, 0.6) is 0 Å². The molecule has 9 heteroatoms. The van der Waals surface area contributed by atoms with Crippen molar-refractivity contribution < 1.29 is 27.5 Å². The average Bonchev–Trinajstić information content (AvgIpc) is 2.46. The number of rotatable bonds is 2. The molecule has 0 aromatic heterocycles. The molecule has 1 unspecified atom stereocenters. The van der Waals surface area contributed by atoms with E-state index < -0.39 is 24.9 Å². The lowest BCUT2D eigenvalue weighted by Gasteiger charge is -2.40. The van der Waals surface area contributed by atoms with Crippen molar-refractivity contribution in [2.45, 2.75) is 31.2 Å². The monoisotopic (exact) mass is 309 g/mol. The van der Waals surface area contributed by atoms with Gasteiger partial charge in [-0.25, -0.2) is 4.79 Å². The quantitative estimate of drug-likeness (QED) is 0.758. The minimum atomic E-state index is -4.56. The lowest BCUT2D eigenvalue weighted by molar-refractivity contribution is -0.194. The maximum absolute atomic E-state index is 12.9. The highest BCUT2D eigenvalue weighted by molar-refractivity contribution is 5.68.